The number of likely N-dealkylation sites (tertiary alicyclic amines) is 1. The van der Waals surface area contributed by atoms with E-state index in [0.29, 0.717) is 95.4 Å². The van der Waals surface area contributed by atoms with Gasteiger partial charge >= 0.3 is 0 Å². The maximum atomic E-state index is 11.5. The lowest BCUT2D eigenvalue weighted by Gasteiger charge is -2.21. The molecule has 0 bridgehead atoms. The molecule has 3 aliphatic rings. The van der Waals surface area contributed by atoms with E-state index in [1.165, 1.54) is 11.3 Å². The number of carbonyl (C=O) groups is 2. The lowest BCUT2D eigenvalue weighted by atomic mass is 9.95. The lowest BCUT2D eigenvalue weighted by molar-refractivity contribution is -0.129. The van der Waals surface area contributed by atoms with Gasteiger partial charge < -0.3 is 23.6 Å². The van der Waals surface area contributed by atoms with Crippen LogP contribution in [0.25, 0.3) is 0 Å². The zero-order valence-electron chi connectivity index (χ0n) is 55.9. The number of carbonyl (C=O) groups excluding carboxylic acids is 2. The molecule has 4 aromatic rings. The fourth-order valence-corrected chi connectivity index (χ4v) is 7.78. The molecule has 2 unspecified atom stereocenters. The Morgan fingerprint density at radius 3 is 1.38 bits per heavy atom. The summed E-state index contributed by atoms with van der Waals surface area (Å²) in [5.41, 5.74) is 5.82. The van der Waals surface area contributed by atoms with Crippen LogP contribution in [0.5, 0.6) is 0 Å². The van der Waals surface area contributed by atoms with E-state index in [1.807, 2.05) is 80.7 Å². The highest BCUT2D eigenvalue weighted by molar-refractivity contribution is 5.91. The van der Waals surface area contributed by atoms with Crippen LogP contribution in [-0.2, 0) is 14.4 Å². The van der Waals surface area contributed by atoms with E-state index in [-0.39, 0.29) is 17.5 Å². The Kier molecular flexibility index (Phi) is 32.2. The first-order valence-corrected chi connectivity index (χ1v) is 30.4. The summed E-state index contributed by atoms with van der Waals surface area (Å²) in [5, 5.41) is 28.4. The topological polar surface area (TPSA) is 185 Å². The molecule has 0 N–H and O–H groups in total. The second-order valence-corrected chi connectivity index (χ2v) is 26.1. The van der Waals surface area contributed by atoms with Gasteiger partial charge in [-0.15, -0.1) is 15.3 Å². The molecule has 81 heavy (non-hydrogen) atoms. The van der Waals surface area contributed by atoms with E-state index in [1.54, 1.807) is 21.5 Å². The molecule has 7 rings (SSSR count). The lowest BCUT2D eigenvalue weighted by Crippen LogP contribution is -2.32. The Hall–Kier alpha value is -5.48. The predicted octanol–water partition coefficient (Wildman–Crippen LogP) is 15.0. The summed E-state index contributed by atoms with van der Waals surface area (Å²) in [6.07, 6.45) is 9.62. The third-order valence-electron chi connectivity index (χ3n) is 14.1. The minimum atomic E-state index is 0.0983. The van der Waals surface area contributed by atoms with Gasteiger partial charge in [0.05, 0.1) is 29.3 Å². The maximum Gasteiger partial charge on any atom is 0.251 e. The number of hydrogen-bond acceptors (Lipinski definition) is 12. The predicted molar refractivity (Wildman–Crippen MR) is 333 cm³/mol. The van der Waals surface area contributed by atoms with Gasteiger partial charge in [0.25, 0.3) is 5.56 Å². The molecular weight excluding hydrogens is 1020 g/mol. The molecule has 1 fully saturated rings. The van der Waals surface area contributed by atoms with Crippen LogP contribution in [0.1, 0.15) is 283 Å². The fourth-order valence-electron chi connectivity index (χ4n) is 7.78. The number of amides is 2. The highest BCUT2D eigenvalue weighted by atomic mass is 16.6. The van der Waals surface area contributed by atoms with Crippen molar-refractivity contribution in [2.45, 2.75) is 273 Å². The molecule has 3 aliphatic heterocycles. The Morgan fingerprint density at radius 1 is 0.556 bits per heavy atom. The quantitative estimate of drug-likeness (QED) is 0.117. The summed E-state index contributed by atoms with van der Waals surface area (Å²) in [5.74, 6) is 6.84. The molecular formula is C64H114N12O5. The zero-order chi connectivity index (χ0) is 62.3. The minimum absolute atomic E-state index is 0.0983. The van der Waals surface area contributed by atoms with Crippen molar-refractivity contribution in [2.75, 3.05) is 13.1 Å². The number of oxime groups is 1. The fraction of sp³-hybridized carbons (Fsp3) is 0.750. The van der Waals surface area contributed by atoms with Gasteiger partial charge in [0.2, 0.25) is 23.6 Å². The minimum Gasteiger partial charge on any atom is -0.425 e. The van der Waals surface area contributed by atoms with Gasteiger partial charge in [0, 0.05) is 86.5 Å². The largest absolute Gasteiger partial charge is 0.425 e. The summed E-state index contributed by atoms with van der Waals surface area (Å²) in [7, 11) is 0. The van der Waals surface area contributed by atoms with Crippen molar-refractivity contribution in [3.63, 3.8) is 0 Å². The van der Waals surface area contributed by atoms with Crippen molar-refractivity contribution in [3.8, 4) is 0 Å². The average Bonchev–Trinajstić information content (AvgIpc) is 4.23. The molecule has 2 atom stereocenters. The first kappa shape index (κ1) is 73.5. The third kappa shape index (κ3) is 25.7. The number of aromatic nitrogens is 9. The van der Waals surface area contributed by atoms with Crippen molar-refractivity contribution < 1.29 is 18.8 Å². The number of rotatable bonds is 14. The summed E-state index contributed by atoms with van der Waals surface area (Å²) in [6.45, 7) is 60.5. The van der Waals surface area contributed by atoms with E-state index in [0.717, 1.165) is 54.7 Å². The monoisotopic (exact) mass is 1130 g/mol. The van der Waals surface area contributed by atoms with E-state index in [9.17, 15) is 14.4 Å². The van der Waals surface area contributed by atoms with Gasteiger partial charge in [0.1, 0.15) is 6.10 Å². The van der Waals surface area contributed by atoms with Gasteiger partial charge in [-0.2, -0.15) is 15.0 Å². The van der Waals surface area contributed by atoms with Crippen molar-refractivity contribution in [1.29, 1.82) is 0 Å². The Balaban J connectivity index is 0.000000473. The van der Waals surface area contributed by atoms with Crippen LogP contribution in [0, 0.1) is 29.6 Å². The molecule has 1 saturated heterocycles. The van der Waals surface area contributed by atoms with Gasteiger partial charge in [-0.25, -0.2) is 4.68 Å². The number of hydrogen-bond donors (Lipinski definition) is 0. The third-order valence-corrected chi connectivity index (χ3v) is 14.1. The van der Waals surface area contributed by atoms with E-state index in [2.05, 4.69) is 188 Å². The Labute approximate surface area is 490 Å². The van der Waals surface area contributed by atoms with E-state index in [4.69, 9.17) is 9.25 Å². The molecule has 0 aromatic carbocycles. The van der Waals surface area contributed by atoms with Crippen molar-refractivity contribution in [1.82, 2.24) is 54.6 Å². The van der Waals surface area contributed by atoms with Crippen LogP contribution in [0.15, 0.2) is 56.7 Å². The van der Waals surface area contributed by atoms with Crippen LogP contribution in [0.4, 0.5) is 0 Å². The molecule has 4 aromatic heterocycles. The van der Waals surface area contributed by atoms with Crippen molar-refractivity contribution >= 4 is 17.5 Å². The summed E-state index contributed by atoms with van der Waals surface area (Å²) >= 11 is 0. The highest BCUT2D eigenvalue weighted by Crippen LogP contribution is 2.26. The molecule has 17 nitrogen and oxygen atoms in total. The van der Waals surface area contributed by atoms with Crippen LogP contribution in [0.3, 0.4) is 0 Å². The molecule has 0 saturated carbocycles. The maximum absolute atomic E-state index is 11.5. The van der Waals surface area contributed by atoms with Crippen molar-refractivity contribution in [2.24, 2.45) is 34.7 Å². The Morgan fingerprint density at radius 2 is 1.11 bits per heavy atom. The van der Waals surface area contributed by atoms with E-state index < -0.39 is 0 Å². The molecule has 0 aliphatic carbocycles. The van der Waals surface area contributed by atoms with Crippen molar-refractivity contribution in [3.05, 3.63) is 81.5 Å². The van der Waals surface area contributed by atoms with E-state index >= 15 is 0 Å². The van der Waals surface area contributed by atoms with Crippen LogP contribution < -0.4 is 5.56 Å². The SMILES string of the molecule is CC(C)C1=CC(=O)N(C(C)C)C1.CC(C)C1=NOC(C(C)C)C1.CC(C)C1CC(=O)N(C(C)C)C1.CC(C)c1ccn(C(C)C)c(=O)c1.CC(C)c1cn(C(C)C)nn1.CC(C)c1cnn(C(C)C)n1.CC(C)c1nnc(C(C)C)o1. The Bertz CT molecular complexity index is 2340. The van der Waals surface area contributed by atoms with Gasteiger partial charge in [0.15, 0.2) is 0 Å². The number of pyridine rings is 1. The second-order valence-electron chi connectivity index (χ2n) is 26.1. The molecule has 0 spiro atoms. The normalized spacial score (nSPS) is 16.1. The number of nitrogens with zero attached hydrogens (tertiary/aromatic N) is 12. The first-order valence-electron chi connectivity index (χ1n) is 30.4. The van der Waals surface area contributed by atoms with Crippen LogP contribution in [-0.4, -0.2) is 103 Å². The second kappa shape index (κ2) is 35.5. The van der Waals surface area contributed by atoms with Gasteiger partial charge in [-0.05, 0) is 134 Å². The average molecular weight is 1130 g/mol. The first-order chi connectivity index (χ1) is 37.5. The molecule has 17 heteroatoms. The summed E-state index contributed by atoms with van der Waals surface area (Å²) in [6, 6.07) is 5.47. The highest BCUT2D eigenvalue weighted by Gasteiger charge is 2.32. The zero-order valence-corrected chi connectivity index (χ0v) is 55.9. The summed E-state index contributed by atoms with van der Waals surface area (Å²) < 4.78 is 9.01. The van der Waals surface area contributed by atoms with Gasteiger partial charge in [-0.3, -0.25) is 14.4 Å². The molecule has 0 radical (unpaired) electrons. The van der Waals surface area contributed by atoms with Crippen LogP contribution in [0.2, 0.25) is 0 Å². The van der Waals surface area contributed by atoms with Gasteiger partial charge in [-0.1, -0.05) is 135 Å². The smallest absolute Gasteiger partial charge is 0.251 e. The standard InChI is InChI=1S/C11H17NO.C10H19NO.C10H17NO.C9H17NO.2C8H15N3.C8H14N2O/c1-8(2)10-5-6-12(9(3)4)11(13)7-10;2*1-7(2)9-5-10(12)11(6-9)8(3)4;1-6(2)8-5-9(7(3)4)11-10-8;1-6(2)8-5-11(7(3)4)10-9-8;1-6(2)8-5-9-11(10-8)7(3)4;1-5(2)7-9-10-8(11-7)6(3)4/h5-9H,1-4H3;7-9H,5-6H2,1-4H3;5,7-8H,6H2,1-4H3;6-7,9H,5H2,1-4H3;2*5-7H,1-4H3;5-6H,1-4H3. The summed E-state index contributed by atoms with van der Waals surface area (Å²) in [4.78, 5) is 45.3. The molecule has 2 amide bonds. The molecule has 460 valence electrons. The van der Waals surface area contributed by atoms with Crippen LogP contribution >= 0.6 is 0 Å². The molecule has 7 heterocycles.